The molecule has 0 unspecified atom stereocenters. The number of aromatic hydroxyl groups is 1. The lowest BCUT2D eigenvalue weighted by Gasteiger charge is -2.12. The highest BCUT2D eigenvalue weighted by atomic mass is 79.9. The van der Waals surface area contributed by atoms with E-state index in [1.165, 1.54) is 18.9 Å². The van der Waals surface area contributed by atoms with Crippen molar-refractivity contribution in [1.29, 1.82) is 0 Å². The Morgan fingerprint density at radius 2 is 1.97 bits per heavy atom. The van der Waals surface area contributed by atoms with Gasteiger partial charge in [-0.15, -0.1) is 0 Å². The molecule has 1 saturated heterocycles. The van der Waals surface area contributed by atoms with Gasteiger partial charge in [0, 0.05) is 16.6 Å². The van der Waals surface area contributed by atoms with Crippen LogP contribution in [0, 0.1) is 0 Å². The minimum absolute atomic E-state index is 0.0564. The third kappa shape index (κ3) is 4.73. The fourth-order valence-electron chi connectivity index (χ4n) is 2.61. The molecule has 1 fully saturated rings. The second kappa shape index (κ2) is 9.15. The summed E-state index contributed by atoms with van der Waals surface area (Å²) in [6.45, 7) is 2.32. The number of hydrogen-bond acceptors (Lipinski definition) is 6. The first kappa shape index (κ1) is 21.6. The molecule has 0 radical (unpaired) electrons. The number of carbonyl (C=O) groups is 2. The third-order valence-corrected chi connectivity index (χ3v) is 6.13. The monoisotopic (exact) mass is 538 g/mol. The standard InChI is InChI=1S/C20H16Br2N2O4S/c1-3-24-18(26)16(9-12-8-13(21)10-15(22)17(12)25)29-20(24)23-14-6-4-11(5-7-14)19(27)28-2/h4-10,25H,3H2,1-2H3. The number of amides is 1. The number of amidine groups is 1. The summed E-state index contributed by atoms with van der Waals surface area (Å²) in [7, 11) is 1.33. The molecule has 0 aromatic heterocycles. The average Bonchev–Trinajstić information content (AvgIpc) is 2.99. The van der Waals surface area contributed by atoms with Crippen LogP contribution in [0.2, 0.25) is 0 Å². The van der Waals surface area contributed by atoms with E-state index < -0.39 is 5.97 Å². The molecular weight excluding hydrogens is 524 g/mol. The van der Waals surface area contributed by atoms with E-state index in [0.717, 1.165) is 4.47 Å². The number of ether oxygens (including phenoxy) is 1. The summed E-state index contributed by atoms with van der Waals surface area (Å²) >= 11 is 7.91. The molecule has 9 heteroatoms. The van der Waals surface area contributed by atoms with Crippen LogP contribution >= 0.6 is 43.6 Å². The molecular formula is C20H16Br2N2O4S. The predicted octanol–water partition coefficient (Wildman–Crippen LogP) is 5.33. The Hall–Kier alpha value is -2.10. The number of halogens is 2. The summed E-state index contributed by atoms with van der Waals surface area (Å²) in [5, 5.41) is 10.8. The first-order valence-electron chi connectivity index (χ1n) is 8.50. The van der Waals surface area contributed by atoms with Crippen LogP contribution in [0.25, 0.3) is 6.08 Å². The zero-order valence-electron chi connectivity index (χ0n) is 15.5. The van der Waals surface area contributed by atoms with Crippen LogP contribution in [0.1, 0.15) is 22.8 Å². The van der Waals surface area contributed by atoms with Crippen molar-refractivity contribution >= 4 is 72.4 Å². The number of phenolic OH excluding ortho intramolecular Hbond substituents is 1. The van der Waals surface area contributed by atoms with Crippen LogP contribution in [0.15, 0.2) is 55.2 Å². The van der Waals surface area contributed by atoms with Crippen LogP contribution in [0.4, 0.5) is 5.69 Å². The number of carbonyl (C=O) groups excluding carboxylic acids is 2. The summed E-state index contributed by atoms with van der Waals surface area (Å²) in [6, 6.07) is 10.1. The summed E-state index contributed by atoms with van der Waals surface area (Å²) in [6.07, 6.45) is 1.64. The van der Waals surface area contributed by atoms with Gasteiger partial charge >= 0.3 is 5.97 Å². The molecule has 3 rings (SSSR count). The molecule has 2 aromatic rings. The summed E-state index contributed by atoms with van der Waals surface area (Å²) in [5.41, 5.74) is 1.55. The first-order chi connectivity index (χ1) is 13.8. The molecule has 6 nitrogen and oxygen atoms in total. The fourth-order valence-corrected chi connectivity index (χ4v) is 4.92. The smallest absolute Gasteiger partial charge is 0.337 e. The van der Waals surface area contributed by atoms with E-state index in [-0.39, 0.29) is 11.7 Å². The van der Waals surface area contributed by atoms with Crippen molar-refractivity contribution in [2.24, 2.45) is 4.99 Å². The Morgan fingerprint density at radius 3 is 2.59 bits per heavy atom. The lowest BCUT2D eigenvalue weighted by atomic mass is 10.2. The van der Waals surface area contributed by atoms with Gasteiger partial charge in [0.1, 0.15) is 5.75 Å². The molecule has 0 bridgehead atoms. The van der Waals surface area contributed by atoms with Gasteiger partial charge in [0.2, 0.25) is 0 Å². The van der Waals surface area contributed by atoms with Crippen LogP contribution < -0.4 is 0 Å². The first-order valence-corrected chi connectivity index (χ1v) is 10.9. The molecule has 1 heterocycles. The van der Waals surface area contributed by atoms with Crippen molar-refractivity contribution in [1.82, 2.24) is 4.90 Å². The maximum atomic E-state index is 12.8. The average molecular weight is 540 g/mol. The number of thioether (sulfide) groups is 1. The number of methoxy groups -OCH3 is 1. The molecule has 0 atom stereocenters. The lowest BCUT2D eigenvalue weighted by Crippen LogP contribution is -2.28. The number of esters is 1. The van der Waals surface area contributed by atoms with Gasteiger partial charge in [-0.25, -0.2) is 9.79 Å². The van der Waals surface area contributed by atoms with E-state index in [4.69, 9.17) is 0 Å². The van der Waals surface area contributed by atoms with Gasteiger partial charge in [0.15, 0.2) is 5.17 Å². The molecule has 1 amide bonds. The maximum Gasteiger partial charge on any atom is 0.337 e. The Morgan fingerprint density at radius 1 is 1.28 bits per heavy atom. The summed E-state index contributed by atoms with van der Waals surface area (Å²) in [4.78, 5) is 30.9. The molecule has 2 aromatic carbocycles. The minimum atomic E-state index is -0.421. The van der Waals surface area contributed by atoms with E-state index in [1.807, 2.05) is 6.92 Å². The van der Waals surface area contributed by atoms with Gasteiger partial charge in [0.05, 0.1) is 27.7 Å². The molecule has 29 heavy (non-hydrogen) atoms. The Labute approximate surface area is 188 Å². The van der Waals surface area contributed by atoms with E-state index in [9.17, 15) is 14.7 Å². The number of benzene rings is 2. The van der Waals surface area contributed by atoms with Crippen molar-refractivity contribution in [3.8, 4) is 5.75 Å². The zero-order chi connectivity index (χ0) is 21.1. The summed E-state index contributed by atoms with van der Waals surface area (Å²) < 4.78 is 5.99. The van der Waals surface area contributed by atoms with Crippen molar-refractivity contribution in [3.05, 3.63) is 61.4 Å². The highest BCUT2D eigenvalue weighted by molar-refractivity contribution is 9.11. The Kier molecular flexibility index (Phi) is 6.81. The van der Waals surface area contributed by atoms with E-state index in [1.54, 1.807) is 47.4 Å². The quantitative estimate of drug-likeness (QED) is 0.419. The minimum Gasteiger partial charge on any atom is -0.506 e. The van der Waals surface area contributed by atoms with Gasteiger partial charge in [0.25, 0.3) is 5.91 Å². The summed E-state index contributed by atoms with van der Waals surface area (Å²) in [5.74, 6) is -0.547. The molecule has 1 N–H and O–H groups in total. The number of likely N-dealkylation sites (N-methyl/N-ethyl adjacent to an activating group) is 1. The van der Waals surface area contributed by atoms with E-state index in [2.05, 4.69) is 41.6 Å². The number of phenols is 1. The Balaban J connectivity index is 1.93. The highest BCUT2D eigenvalue weighted by Crippen LogP contribution is 2.38. The van der Waals surface area contributed by atoms with Crippen LogP contribution in [0.3, 0.4) is 0 Å². The van der Waals surface area contributed by atoms with Crippen molar-refractivity contribution in [3.63, 3.8) is 0 Å². The lowest BCUT2D eigenvalue weighted by molar-refractivity contribution is -0.122. The molecule has 0 spiro atoms. The molecule has 0 saturated carbocycles. The normalized spacial score (nSPS) is 16.7. The largest absolute Gasteiger partial charge is 0.506 e. The second-order valence-electron chi connectivity index (χ2n) is 5.92. The highest BCUT2D eigenvalue weighted by Gasteiger charge is 2.32. The molecule has 1 aliphatic heterocycles. The van der Waals surface area contributed by atoms with Gasteiger partial charge in [-0.05, 0) is 77.1 Å². The van der Waals surface area contributed by atoms with Crippen LogP contribution in [-0.2, 0) is 9.53 Å². The van der Waals surface area contributed by atoms with Crippen molar-refractivity contribution in [2.45, 2.75) is 6.92 Å². The van der Waals surface area contributed by atoms with Crippen LogP contribution in [0.5, 0.6) is 5.75 Å². The SMILES string of the molecule is CCN1C(=O)C(=Cc2cc(Br)cc(Br)c2O)SC1=Nc1ccc(C(=O)OC)cc1. The molecule has 150 valence electrons. The molecule has 1 aliphatic rings. The van der Waals surface area contributed by atoms with Crippen molar-refractivity contribution < 1.29 is 19.4 Å². The van der Waals surface area contributed by atoms with Gasteiger partial charge < -0.3 is 9.84 Å². The Bertz CT molecular complexity index is 1040. The molecule has 0 aliphatic carbocycles. The third-order valence-electron chi connectivity index (χ3n) is 4.06. The van der Waals surface area contributed by atoms with E-state index in [0.29, 0.717) is 37.9 Å². The van der Waals surface area contributed by atoms with E-state index >= 15 is 0 Å². The van der Waals surface area contributed by atoms with Gasteiger partial charge in [-0.2, -0.15) is 0 Å². The zero-order valence-corrected chi connectivity index (χ0v) is 19.5. The van der Waals surface area contributed by atoms with Crippen LogP contribution in [-0.4, -0.2) is 40.7 Å². The van der Waals surface area contributed by atoms with Gasteiger partial charge in [-0.3, -0.25) is 9.69 Å². The maximum absolute atomic E-state index is 12.8. The topological polar surface area (TPSA) is 79.2 Å². The number of rotatable bonds is 4. The number of hydrogen-bond donors (Lipinski definition) is 1. The van der Waals surface area contributed by atoms with Crippen molar-refractivity contribution in [2.75, 3.05) is 13.7 Å². The van der Waals surface area contributed by atoms with Gasteiger partial charge in [-0.1, -0.05) is 15.9 Å². The predicted molar refractivity (Wildman–Crippen MR) is 121 cm³/mol. The second-order valence-corrected chi connectivity index (χ2v) is 8.70. The number of nitrogens with zero attached hydrogens (tertiary/aromatic N) is 2. The number of aliphatic imine (C=N–C) groups is 1. The fraction of sp³-hybridized carbons (Fsp3) is 0.150.